The van der Waals surface area contributed by atoms with Crippen molar-refractivity contribution < 1.29 is 4.79 Å². The van der Waals surface area contributed by atoms with Crippen molar-refractivity contribution >= 4 is 5.91 Å². The Morgan fingerprint density at radius 1 is 1.40 bits per heavy atom. The molecule has 0 saturated heterocycles. The summed E-state index contributed by atoms with van der Waals surface area (Å²) in [5.41, 5.74) is 5.16. The summed E-state index contributed by atoms with van der Waals surface area (Å²) in [5, 5.41) is 0. The molecule has 0 radical (unpaired) electrons. The Hall–Kier alpha value is -0.530. The average molecular weight is 141 g/mol. The maximum atomic E-state index is 11.0. The molecular formula is C8H15NO. The number of amides is 1. The van der Waals surface area contributed by atoms with Gasteiger partial charge in [-0.1, -0.05) is 20.8 Å². The third-order valence-electron chi connectivity index (χ3n) is 2.66. The lowest BCUT2D eigenvalue weighted by Crippen LogP contribution is -2.35. The Kier molecular flexibility index (Phi) is 1.32. The van der Waals surface area contributed by atoms with Crippen molar-refractivity contribution in [3.05, 3.63) is 0 Å². The predicted octanol–water partition coefficient (Wildman–Crippen LogP) is 1.30. The summed E-state index contributed by atoms with van der Waals surface area (Å²) >= 11 is 0. The molecule has 0 bridgehead atoms. The van der Waals surface area contributed by atoms with E-state index in [1.165, 1.54) is 0 Å². The predicted molar refractivity (Wildman–Crippen MR) is 40.3 cm³/mol. The smallest absolute Gasteiger partial charge is 0.224 e. The Morgan fingerprint density at radius 3 is 1.80 bits per heavy atom. The van der Waals surface area contributed by atoms with E-state index in [2.05, 4.69) is 20.8 Å². The first kappa shape index (κ1) is 7.58. The van der Waals surface area contributed by atoms with Crippen LogP contribution in [0.5, 0.6) is 0 Å². The number of carbonyl (C=O) groups is 1. The van der Waals surface area contributed by atoms with Gasteiger partial charge in [0, 0.05) is 0 Å². The molecule has 1 fully saturated rings. The second-order valence-corrected chi connectivity index (χ2v) is 4.20. The Balaban J connectivity index is 2.80. The van der Waals surface area contributed by atoms with Crippen molar-refractivity contribution in [1.82, 2.24) is 0 Å². The van der Waals surface area contributed by atoms with Crippen LogP contribution >= 0.6 is 0 Å². The fraction of sp³-hybridized carbons (Fsp3) is 0.875. The Labute approximate surface area is 61.8 Å². The molecule has 0 heterocycles. The number of hydrogen-bond donors (Lipinski definition) is 1. The molecule has 1 aliphatic rings. The summed E-state index contributed by atoms with van der Waals surface area (Å²) in [5.74, 6) is -0.125. The van der Waals surface area contributed by atoms with E-state index < -0.39 is 0 Å². The van der Waals surface area contributed by atoms with Gasteiger partial charge in [0.15, 0.2) is 0 Å². The molecule has 2 heteroatoms. The van der Waals surface area contributed by atoms with Crippen LogP contribution in [0.3, 0.4) is 0 Å². The summed E-state index contributed by atoms with van der Waals surface area (Å²) in [6, 6.07) is 0. The van der Waals surface area contributed by atoms with Crippen LogP contribution < -0.4 is 5.73 Å². The van der Waals surface area contributed by atoms with Gasteiger partial charge in [0.2, 0.25) is 5.91 Å². The van der Waals surface area contributed by atoms with E-state index in [0.717, 1.165) is 12.8 Å². The van der Waals surface area contributed by atoms with Crippen LogP contribution in [0.1, 0.15) is 33.6 Å². The van der Waals surface area contributed by atoms with Gasteiger partial charge < -0.3 is 5.73 Å². The number of carbonyl (C=O) groups excluding carboxylic acids is 1. The van der Waals surface area contributed by atoms with Crippen LogP contribution in [0, 0.1) is 10.8 Å². The third-order valence-corrected chi connectivity index (χ3v) is 2.66. The summed E-state index contributed by atoms with van der Waals surface area (Å²) in [7, 11) is 0. The first-order valence-corrected chi connectivity index (χ1v) is 3.70. The van der Waals surface area contributed by atoms with Gasteiger partial charge in [-0.15, -0.1) is 0 Å². The van der Waals surface area contributed by atoms with Crippen molar-refractivity contribution in [2.75, 3.05) is 0 Å². The molecule has 1 aliphatic carbocycles. The minimum atomic E-state index is -0.174. The van der Waals surface area contributed by atoms with Gasteiger partial charge in [-0.2, -0.15) is 0 Å². The lowest BCUT2D eigenvalue weighted by atomic mass is 9.77. The highest BCUT2D eigenvalue weighted by atomic mass is 16.1. The van der Waals surface area contributed by atoms with Crippen LogP contribution in [0.2, 0.25) is 0 Å². The molecular weight excluding hydrogens is 126 g/mol. The van der Waals surface area contributed by atoms with Crippen LogP contribution in [0.4, 0.5) is 0 Å². The Morgan fingerprint density at radius 2 is 1.80 bits per heavy atom. The van der Waals surface area contributed by atoms with E-state index >= 15 is 0 Å². The quantitative estimate of drug-likeness (QED) is 0.587. The second-order valence-electron chi connectivity index (χ2n) is 4.20. The van der Waals surface area contributed by atoms with Crippen LogP contribution in [-0.2, 0) is 4.79 Å². The first-order chi connectivity index (χ1) is 4.40. The standard InChI is InChI=1S/C8H15NO/c1-7(2,3)8(4-5-8)6(9)10/h4-5H2,1-3H3,(H2,9,10). The van der Waals surface area contributed by atoms with Gasteiger partial charge in [0.1, 0.15) is 0 Å². The summed E-state index contributed by atoms with van der Waals surface area (Å²) < 4.78 is 0. The molecule has 2 nitrogen and oxygen atoms in total. The summed E-state index contributed by atoms with van der Waals surface area (Å²) in [4.78, 5) is 11.0. The minimum absolute atomic E-state index is 0.0544. The van der Waals surface area contributed by atoms with Crippen LogP contribution in [0.15, 0.2) is 0 Å². The first-order valence-electron chi connectivity index (χ1n) is 3.70. The van der Waals surface area contributed by atoms with Gasteiger partial charge in [-0.05, 0) is 18.3 Å². The Bertz CT molecular complexity index is 163. The van der Waals surface area contributed by atoms with Gasteiger partial charge in [0.05, 0.1) is 5.41 Å². The molecule has 0 spiro atoms. The summed E-state index contributed by atoms with van der Waals surface area (Å²) in [6.45, 7) is 6.22. The summed E-state index contributed by atoms with van der Waals surface area (Å²) in [6.07, 6.45) is 1.96. The van der Waals surface area contributed by atoms with Crippen LogP contribution in [0.25, 0.3) is 0 Å². The maximum absolute atomic E-state index is 11.0. The molecule has 1 saturated carbocycles. The molecule has 0 aromatic heterocycles. The van der Waals surface area contributed by atoms with Gasteiger partial charge in [-0.3, -0.25) is 4.79 Å². The van der Waals surface area contributed by atoms with Gasteiger partial charge >= 0.3 is 0 Å². The monoisotopic (exact) mass is 141 g/mol. The van der Waals surface area contributed by atoms with Crippen molar-refractivity contribution in [2.45, 2.75) is 33.6 Å². The lowest BCUT2D eigenvalue weighted by molar-refractivity contribution is -0.126. The topological polar surface area (TPSA) is 43.1 Å². The fourth-order valence-corrected chi connectivity index (χ4v) is 1.49. The fourth-order valence-electron chi connectivity index (χ4n) is 1.49. The van der Waals surface area contributed by atoms with Crippen LogP contribution in [-0.4, -0.2) is 5.91 Å². The highest BCUT2D eigenvalue weighted by Gasteiger charge is 2.56. The van der Waals surface area contributed by atoms with E-state index in [-0.39, 0.29) is 16.7 Å². The molecule has 0 atom stereocenters. The van der Waals surface area contributed by atoms with Crippen molar-refractivity contribution in [2.24, 2.45) is 16.6 Å². The van der Waals surface area contributed by atoms with E-state index in [9.17, 15) is 4.79 Å². The molecule has 10 heavy (non-hydrogen) atoms. The lowest BCUT2D eigenvalue weighted by Gasteiger charge is -2.27. The van der Waals surface area contributed by atoms with Crippen molar-refractivity contribution in [3.63, 3.8) is 0 Å². The van der Waals surface area contributed by atoms with Crippen molar-refractivity contribution in [3.8, 4) is 0 Å². The SMILES string of the molecule is CC(C)(C)C1(C(N)=O)CC1. The van der Waals surface area contributed by atoms with Gasteiger partial charge in [-0.25, -0.2) is 0 Å². The zero-order valence-electron chi connectivity index (χ0n) is 6.90. The number of hydrogen-bond acceptors (Lipinski definition) is 1. The molecule has 2 N–H and O–H groups in total. The zero-order valence-corrected chi connectivity index (χ0v) is 6.90. The highest BCUT2D eigenvalue weighted by Crippen LogP contribution is 2.57. The second kappa shape index (κ2) is 1.74. The van der Waals surface area contributed by atoms with Gasteiger partial charge in [0.25, 0.3) is 0 Å². The molecule has 0 aromatic rings. The molecule has 1 rings (SSSR count). The largest absolute Gasteiger partial charge is 0.369 e. The zero-order chi connectivity index (χ0) is 7.99. The normalized spacial score (nSPS) is 22.3. The minimum Gasteiger partial charge on any atom is -0.369 e. The molecule has 0 unspecified atom stereocenters. The number of primary amides is 1. The average Bonchev–Trinajstić information content (AvgIpc) is 2.36. The molecule has 0 aromatic carbocycles. The third kappa shape index (κ3) is 0.825. The van der Waals surface area contributed by atoms with E-state index in [1.807, 2.05) is 0 Å². The van der Waals surface area contributed by atoms with E-state index in [0.29, 0.717) is 0 Å². The molecule has 1 amide bonds. The van der Waals surface area contributed by atoms with E-state index in [1.54, 1.807) is 0 Å². The van der Waals surface area contributed by atoms with Crippen molar-refractivity contribution in [1.29, 1.82) is 0 Å². The maximum Gasteiger partial charge on any atom is 0.224 e. The highest BCUT2D eigenvalue weighted by molar-refractivity contribution is 5.84. The number of rotatable bonds is 1. The number of nitrogens with two attached hydrogens (primary N) is 1. The molecule has 58 valence electrons. The molecule has 0 aliphatic heterocycles. The van der Waals surface area contributed by atoms with E-state index in [4.69, 9.17) is 5.73 Å².